The van der Waals surface area contributed by atoms with Gasteiger partial charge in [0.05, 0.1) is 37.8 Å². The maximum absolute atomic E-state index is 9.57. The first-order valence-electron chi connectivity index (χ1n) is 8.96. The van der Waals surface area contributed by atoms with E-state index >= 15 is 0 Å². The second kappa shape index (κ2) is 8.93. The molecule has 1 N–H and O–H groups in total. The van der Waals surface area contributed by atoms with Crippen molar-refractivity contribution in [3.63, 3.8) is 0 Å². The summed E-state index contributed by atoms with van der Waals surface area (Å²) in [7, 11) is 0. The third-order valence-electron chi connectivity index (χ3n) is 4.07. The molecule has 0 spiro atoms. The van der Waals surface area contributed by atoms with Crippen LogP contribution in [0.15, 0.2) is 48.5 Å². The van der Waals surface area contributed by atoms with E-state index in [0.717, 1.165) is 28.3 Å². The van der Waals surface area contributed by atoms with E-state index < -0.39 is 0 Å². The predicted octanol–water partition coefficient (Wildman–Crippen LogP) is 4.54. The van der Waals surface area contributed by atoms with Crippen LogP contribution in [0.3, 0.4) is 0 Å². The lowest BCUT2D eigenvalue weighted by atomic mass is 10.1. The molecular formula is C21H23ClN2O3. The average Bonchev–Trinajstić information content (AvgIpc) is 3.07. The molecule has 6 heteroatoms. The van der Waals surface area contributed by atoms with Crippen LogP contribution >= 0.6 is 11.6 Å². The third kappa shape index (κ3) is 4.62. The number of aromatic nitrogens is 2. The summed E-state index contributed by atoms with van der Waals surface area (Å²) in [4.78, 5) is 0. The molecule has 1 heterocycles. The van der Waals surface area contributed by atoms with E-state index in [0.29, 0.717) is 30.5 Å². The number of aliphatic hydroxyl groups excluding tert-OH is 1. The Morgan fingerprint density at radius 3 is 2.26 bits per heavy atom. The van der Waals surface area contributed by atoms with E-state index in [9.17, 15) is 5.11 Å². The monoisotopic (exact) mass is 386 g/mol. The second-order valence-corrected chi connectivity index (χ2v) is 6.39. The van der Waals surface area contributed by atoms with E-state index in [-0.39, 0.29) is 6.61 Å². The molecule has 0 unspecified atom stereocenters. The standard InChI is InChI=1S/C21H23ClN2O3/c1-3-26-18-9-16(10-19(12-18)27-4-2)21-11-17(14-25)23-24(21)13-15-7-5-6-8-20(15)22/h5-12,25H,3-4,13-14H2,1-2H3. The lowest BCUT2D eigenvalue weighted by molar-refractivity contribution is 0.275. The number of aliphatic hydroxyl groups is 1. The quantitative estimate of drug-likeness (QED) is 0.617. The average molecular weight is 387 g/mol. The molecule has 0 bridgehead atoms. The van der Waals surface area contributed by atoms with Crippen molar-refractivity contribution in [3.8, 4) is 22.8 Å². The van der Waals surface area contributed by atoms with E-state index in [4.69, 9.17) is 21.1 Å². The molecule has 0 radical (unpaired) electrons. The predicted molar refractivity (Wildman–Crippen MR) is 106 cm³/mol. The summed E-state index contributed by atoms with van der Waals surface area (Å²) in [6, 6.07) is 15.3. The topological polar surface area (TPSA) is 56.5 Å². The fourth-order valence-electron chi connectivity index (χ4n) is 2.91. The van der Waals surface area contributed by atoms with Gasteiger partial charge in [-0.25, -0.2) is 0 Å². The van der Waals surface area contributed by atoms with Gasteiger partial charge in [0, 0.05) is 16.7 Å². The van der Waals surface area contributed by atoms with Crippen LogP contribution in [0, 0.1) is 0 Å². The van der Waals surface area contributed by atoms with Crippen LogP contribution < -0.4 is 9.47 Å². The Morgan fingerprint density at radius 1 is 1.00 bits per heavy atom. The largest absolute Gasteiger partial charge is 0.494 e. The zero-order valence-electron chi connectivity index (χ0n) is 15.5. The summed E-state index contributed by atoms with van der Waals surface area (Å²) in [5, 5.41) is 14.8. The van der Waals surface area contributed by atoms with Crippen molar-refractivity contribution in [1.29, 1.82) is 0 Å². The smallest absolute Gasteiger partial charge is 0.123 e. The number of benzene rings is 2. The maximum atomic E-state index is 9.57. The van der Waals surface area contributed by atoms with Crippen molar-refractivity contribution in [2.45, 2.75) is 27.0 Å². The lowest BCUT2D eigenvalue weighted by Crippen LogP contribution is -2.05. The molecule has 0 amide bonds. The highest BCUT2D eigenvalue weighted by molar-refractivity contribution is 6.31. The highest BCUT2D eigenvalue weighted by Crippen LogP contribution is 2.31. The van der Waals surface area contributed by atoms with E-state index in [1.54, 1.807) is 0 Å². The zero-order chi connectivity index (χ0) is 19.2. The molecule has 3 rings (SSSR count). The SMILES string of the molecule is CCOc1cc(OCC)cc(-c2cc(CO)nn2Cc2ccccc2Cl)c1. The Bertz CT molecular complexity index is 884. The summed E-state index contributed by atoms with van der Waals surface area (Å²) in [6.07, 6.45) is 0. The highest BCUT2D eigenvalue weighted by atomic mass is 35.5. The second-order valence-electron chi connectivity index (χ2n) is 5.99. The fourth-order valence-corrected chi connectivity index (χ4v) is 3.10. The van der Waals surface area contributed by atoms with Gasteiger partial charge in [-0.1, -0.05) is 29.8 Å². The van der Waals surface area contributed by atoms with Crippen LogP contribution in [0.1, 0.15) is 25.1 Å². The number of hydrogen-bond acceptors (Lipinski definition) is 4. The van der Waals surface area contributed by atoms with Crippen LogP contribution in [0.2, 0.25) is 5.02 Å². The molecule has 0 aliphatic carbocycles. The van der Waals surface area contributed by atoms with Crippen LogP contribution in [-0.2, 0) is 13.2 Å². The van der Waals surface area contributed by atoms with Crippen LogP contribution in [-0.4, -0.2) is 28.1 Å². The van der Waals surface area contributed by atoms with Gasteiger partial charge >= 0.3 is 0 Å². The van der Waals surface area contributed by atoms with Crippen LogP contribution in [0.5, 0.6) is 11.5 Å². The maximum Gasteiger partial charge on any atom is 0.123 e. The van der Waals surface area contributed by atoms with Gasteiger partial charge in [-0.05, 0) is 43.7 Å². The Morgan fingerprint density at radius 2 is 1.67 bits per heavy atom. The Kier molecular flexibility index (Phi) is 6.37. The summed E-state index contributed by atoms with van der Waals surface area (Å²) < 4.78 is 13.2. The Hall–Kier alpha value is -2.50. The van der Waals surface area contributed by atoms with E-state index in [1.807, 2.05) is 67.1 Å². The van der Waals surface area contributed by atoms with Gasteiger partial charge in [-0.3, -0.25) is 4.68 Å². The van der Waals surface area contributed by atoms with Crippen molar-refractivity contribution in [1.82, 2.24) is 9.78 Å². The molecule has 0 fully saturated rings. The third-order valence-corrected chi connectivity index (χ3v) is 4.44. The van der Waals surface area contributed by atoms with Crippen LogP contribution in [0.25, 0.3) is 11.3 Å². The highest BCUT2D eigenvalue weighted by Gasteiger charge is 2.14. The van der Waals surface area contributed by atoms with Crippen molar-refractivity contribution in [2.75, 3.05) is 13.2 Å². The number of halogens is 1. The van der Waals surface area contributed by atoms with Gasteiger partial charge in [0.25, 0.3) is 0 Å². The number of ether oxygens (including phenoxy) is 2. The van der Waals surface area contributed by atoms with E-state index in [1.165, 1.54) is 0 Å². The number of nitrogens with zero attached hydrogens (tertiary/aromatic N) is 2. The first-order valence-corrected chi connectivity index (χ1v) is 9.34. The van der Waals surface area contributed by atoms with Crippen molar-refractivity contribution >= 4 is 11.6 Å². The molecule has 0 saturated carbocycles. The molecule has 0 aliphatic rings. The molecule has 0 aliphatic heterocycles. The van der Waals surface area contributed by atoms with Crippen molar-refractivity contribution in [2.24, 2.45) is 0 Å². The molecule has 3 aromatic rings. The fraction of sp³-hybridized carbons (Fsp3) is 0.286. The van der Waals surface area contributed by atoms with Gasteiger partial charge in [-0.2, -0.15) is 5.10 Å². The molecule has 27 heavy (non-hydrogen) atoms. The molecule has 0 saturated heterocycles. The Labute approximate surface area is 164 Å². The van der Waals surface area contributed by atoms with Gasteiger partial charge in [-0.15, -0.1) is 0 Å². The summed E-state index contributed by atoms with van der Waals surface area (Å²) >= 11 is 6.32. The van der Waals surface area contributed by atoms with E-state index in [2.05, 4.69) is 5.10 Å². The van der Waals surface area contributed by atoms with Gasteiger partial charge in [0.15, 0.2) is 0 Å². The molecule has 2 aromatic carbocycles. The molecule has 5 nitrogen and oxygen atoms in total. The van der Waals surface area contributed by atoms with Gasteiger partial charge in [0.1, 0.15) is 11.5 Å². The molecule has 1 aromatic heterocycles. The minimum Gasteiger partial charge on any atom is -0.494 e. The summed E-state index contributed by atoms with van der Waals surface area (Å²) in [6.45, 7) is 5.38. The molecular weight excluding hydrogens is 364 g/mol. The van der Waals surface area contributed by atoms with Gasteiger partial charge < -0.3 is 14.6 Å². The summed E-state index contributed by atoms with van der Waals surface area (Å²) in [5.41, 5.74) is 3.32. The molecule has 0 atom stereocenters. The first kappa shape index (κ1) is 19.3. The van der Waals surface area contributed by atoms with Crippen molar-refractivity contribution in [3.05, 3.63) is 64.8 Å². The number of hydrogen-bond donors (Lipinski definition) is 1. The zero-order valence-corrected chi connectivity index (χ0v) is 16.2. The van der Waals surface area contributed by atoms with Gasteiger partial charge in [0.2, 0.25) is 0 Å². The van der Waals surface area contributed by atoms with Crippen molar-refractivity contribution < 1.29 is 14.6 Å². The Balaban J connectivity index is 2.05. The lowest BCUT2D eigenvalue weighted by Gasteiger charge is -2.13. The summed E-state index contributed by atoms with van der Waals surface area (Å²) in [5.74, 6) is 1.46. The normalized spacial score (nSPS) is 10.8. The minimum absolute atomic E-state index is 0.133. The number of rotatable bonds is 8. The molecule has 142 valence electrons. The first-order chi connectivity index (χ1) is 13.1. The van der Waals surface area contributed by atoms with Crippen LogP contribution in [0.4, 0.5) is 0 Å². The minimum atomic E-state index is -0.133.